The first kappa shape index (κ1) is 11.0. The minimum atomic E-state index is -1.20. The van der Waals surface area contributed by atoms with Gasteiger partial charge in [0.25, 0.3) is 0 Å². The summed E-state index contributed by atoms with van der Waals surface area (Å²) < 4.78 is 0. The highest BCUT2D eigenvalue weighted by molar-refractivity contribution is 7.80. The maximum Gasteiger partial charge on any atom is 0.414 e. The molecule has 0 radical (unpaired) electrons. The molecule has 2 amide bonds. The number of imide groups is 1. The van der Waals surface area contributed by atoms with Gasteiger partial charge in [-0.05, 0) is 5.56 Å². The number of nitrogens with zero attached hydrogens (tertiary/aromatic N) is 1. The van der Waals surface area contributed by atoms with Crippen LogP contribution in [0.1, 0.15) is 17.2 Å². The van der Waals surface area contributed by atoms with Gasteiger partial charge in [0.2, 0.25) is 5.91 Å². The Bertz CT molecular complexity index is 412. The van der Waals surface area contributed by atoms with Crippen LogP contribution in [0.15, 0.2) is 30.3 Å². The monoisotopic (exact) mass is 237 g/mol. The molecule has 4 nitrogen and oxygen atoms in total. The van der Waals surface area contributed by atoms with Crippen molar-refractivity contribution in [3.05, 3.63) is 35.9 Å². The molecule has 2 atom stereocenters. The number of carbonyl (C=O) groups excluding carboxylic acids is 1. The number of amides is 2. The van der Waals surface area contributed by atoms with Gasteiger partial charge < -0.3 is 5.11 Å². The molecule has 0 spiro atoms. The molecule has 16 heavy (non-hydrogen) atoms. The zero-order valence-electron chi connectivity index (χ0n) is 8.41. The van der Waals surface area contributed by atoms with E-state index in [9.17, 15) is 9.59 Å². The Morgan fingerprint density at radius 1 is 1.44 bits per heavy atom. The molecule has 2 rings (SSSR count). The molecule has 1 aliphatic heterocycles. The molecular formula is C11H11NO3S. The predicted octanol–water partition coefficient (Wildman–Crippen LogP) is 1.94. The normalized spacial score (nSPS) is 21.4. The van der Waals surface area contributed by atoms with Crippen molar-refractivity contribution < 1.29 is 14.7 Å². The number of rotatable bonds is 2. The molecule has 1 aromatic carbocycles. The molecule has 1 unspecified atom stereocenters. The summed E-state index contributed by atoms with van der Waals surface area (Å²) in [6, 6.07) is 9.01. The van der Waals surface area contributed by atoms with Crippen LogP contribution in [0, 0.1) is 0 Å². The summed E-state index contributed by atoms with van der Waals surface area (Å²) in [6.45, 7) is 0. The molecule has 5 heteroatoms. The minimum Gasteiger partial charge on any atom is -0.465 e. The first-order valence-electron chi connectivity index (χ1n) is 4.89. The minimum absolute atomic E-state index is 0.245. The number of hydrogen-bond donors (Lipinski definition) is 2. The molecule has 1 aromatic rings. The zero-order chi connectivity index (χ0) is 11.7. The van der Waals surface area contributed by atoms with Crippen molar-refractivity contribution in [3.63, 3.8) is 0 Å². The smallest absolute Gasteiger partial charge is 0.414 e. The molecule has 0 aromatic heterocycles. The highest BCUT2D eigenvalue weighted by Gasteiger charge is 2.44. The Morgan fingerprint density at radius 3 is 2.56 bits per heavy atom. The number of hydrogen-bond acceptors (Lipinski definition) is 3. The average molecular weight is 237 g/mol. The molecule has 1 heterocycles. The summed E-state index contributed by atoms with van der Waals surface area (Å²) in [7, 11) is 0. The molecule has 0 saturated carbocycles. The number of β-lactam (4-membered cyclic amide) rings is 1. The lowest BCUT2D eigenvalue weighted by molar-refractivity contribution is -0.142. The van der Waals surface area contributed by atoms with Crippen molar-refractivity contribution in [1.29, 1.82) is 0 Å². The maximum absolute atomic E-state index is 11.1. The Hall–Kier alpha value is -1.49. The van der Waals surface area contributed by atoms with Crippen molar-refractivity contribution in [2.75, 3.05) is 0 Å². The topological polar surface area (TPSA) is 57.6 Å². The van der Waals surface area contributed by atoms with E-state index in [0.717, 1.165) is 10.5 Å². The van der Waals surface area contributed by atoms with Gasteiger partial charge in [-0.1, -0.05) is 30.3 Å². The summed E-state index contributed by atoms with van der Waals surface area (Å²) in [6.07, 6.45) is -0.953. The number of benzene rings is 1. The third-order valence-electron chi connectivity index (χ3n) is 2.70. The number of likely N-dealkylation sites (tertiary alicyclic amines) is 1. The van der Waals surface area contributed by atoms with Gasteiger partial charge in [0.05, 0.1) is 6.04 Å². The summed E-state index contributed by atoms with van der Waals surface area (Å²) in [4.78, 5) is 22.8. The van der Waals surface area contributed by atoms with Crippen LogP contribution in [-0.2, 0) is 4.79 Å². The standard InChI is InChI=1S/C11H11NO3S/c13-9-6-8(12(9)11(14)15)10(16)7-4-2-1-3-5-7/h1-5,8,10,16H,6H2,(H,14,15)/t8?,10-/m1/s1. The van der Waals surface area contributed by atoms with Crippen LogP contribution in [0.3, 0.4) is 0 Å². The Labute approximate surface area is 98.3 Å². The first-order chi connectivity index (χ1) is 7.61. The van der Waals surface area contributed by atoms with E-state index in [4.69, 9.17) is 5.11 Å². The molecular weight excluding hydrogens is 226 g/mol. The largest absolute Gasteiger partial charge is 0.465 e. The van der Waals surface area contributed by atoms with Gasteiger partial charge in [0.15, 0.2) is 0 Å². The Balaban J connectivity index is 2.15. The predicted molar refractivity (Wildman–Crippen MR) is 61.4 cm³/mol. The molecule has 0 aliphatic carbocycles. The highest BCUT2D eigenvalue weighted by atomic mass is 32.1. The molecule has 84 valence electrons. The quantitative estimate of drug-likeness (QED) is 0.610. The van der Waals surface area contributed by atoms with Gasteiger partial charge in [-0.3, -0.25) is 4.79 Å². The lowest BCUT2D eigenvalue weighted by atomic mass is 9.94. The molecule has 1 saturated heterocycles. The lowest BCUT2D eigenvalue weighted by Crippen LogP contribution is -2.56. The van der Waals surface area contributed by atoms with Crippen molar-refractivity contribution >= 4 is 24.6 Å². The van der Waals surface area contributed by atoms with Crippen LogP contribution >= 0.6 is 12.6 Å². The van der Waals surface area contributed by atoms with E-state index >= 15 is 0 Å². The number of thiol groups is 1. The van der Waals surface area contributed by atoms with Crippen molar-refractivity contribution in [2.45, 2.75) is 17.7 Å². The van der Waals surface area contributed by atoms with Gasteiger partial charge >= 0.3 is 6.09 Å². The second-order valence-corrected chi connectivity index (χ2v) is 4.23. The van der Waals surface area contributed by atoms with Crippen LogP contribution < -0.4 is 0 Å². The van der Waals surface area contributed by atoms with E-state index in [1.54, 1.807) is 0 Å². The molecule has 1 fully saturated rings. The van der Waals surface area contributed by atoms with Gasteiger partial charge in [0, 0.05) is 11.7 Å². The molecule has 0 bridgehead atoms. The van der Waals surface area contributed by atoms with Crippen LogP contribution in [0.25, 0.3) is 0 Å². The molecule has 1 N–H and O–H groups in total. The van der Waals surface area contributed by atoms with Crippen LogP contribution in [-0.4, -0.2) is 28.0 Å². The van der Waals surface area contributed by atoms with E-state index in [2.05, 4.69) is 12.6 Å². The summed E-state index contributed by atoms with van der Waals surface area (Å²) in [5.74, 6) is -0.354. The highest BCUT2D eigenvalue weighted by Crippen LogP contribution is 2.35. The maximum atomic E-state index is 11.1. The Morgan fingerprint density at radius 2 is 2.06 bits per heavy atom. The zero-order valence-corrected chi connectivity index (χ0v) is 9.30. The fraction of sp³-hybridized carbons (Fsp3) is 0.273. The van der Waals surface area contributed by atoms with Crippen LogP contribution in [0.4, 0.5) is 4.79 Å². The number of carboxylic acid groups (broad SMARTS) is 1. The second-order valence-electron chi connectivity index (χ2n) is 3.67. The van der Waals surface area contributed by atoms with Crippen LogP contribution in [0.5, 0.6) is 0 Å². The fourth-order valence-corrected chi connectivity index (χ4v) is 2.23. The third-order valence-corrected chi connectivity index (χ3v) is 3.34. The summed E-state index contributed by atoms with van der Waals surface area (Å²) in [5.41, 5.74) is 0.926. The second kappa shape index (κ2) is 4.17. The fourth-order valence-electron chi connectivity index (χ4n) is 1.81. The van der Waals surface area contributed by atoms with Crippen molar-refractivity contribution in [2.24, 2.45) is 0 Å². The van der Waals surface area contributed by atoms with Gasteiger partial charge in [-0.2, -0.15) is 12.6 Å². The summed E-state index contributed by atoms with van der Waals surface area (Å²) in [5, 5.41) is 8.59. The lowest BCUT2D eigenvalue weighted by Gasteiger charge is -2.39. The SMILES string of the molecule is O=C(O)N1C(=O)CC1[C@H](S)c1ccccc1. The van der Waals surface area contributed by atoms with E-state index in [0.29, 0.717) is 0 Å². The number of carbonyl (C=O) groups is 2. The van der Waals surface area contributed by atoms with Gasteiger partial charge in [-0.25, -0.2) is 9.69 Å². The summed E-state index contributed by atoms with van der Waals surface area (Å²) >= 11 is 4.38. The van der Waals surface area contributed by atoms with Gasteiger partial charge in [0.1, 0.15) is 0 Å². The third kappa shape index (κ3) is 1.78. The molecule has 1 aliphatic rings. The van der Waals surface area contributed by atoms with Crippen molar-refractivity contribution in [3.8, 4) is 0 Å². The van der Waals surface area contributed by atoms with E-state index in [-0.39, 0.29) is 23.6 Å². The average Bonchev–Trinajstić information content (AvgIpc) is 2.25. The van der Waals surface area contributed by atoms with E-state index in [1.807, 2.05) is 30.3 Å². The van der Waals surface area contributed by atoms with Gasteiger partial charge in [-0.15, -0.1) is 0 Å². The van der Waals surface area contributed by atoms with E-state index in [1.165, 1.54) is 0 Å². The Kier molecular flexibility index (Phi) is 2.87. The van der Waals surface area contributed by atoms with Crippen LogP contribution in [0.2, 0.25) is 0 Å². The first-order valence-corrected chi connectivity index (χ1v) is 5.41. The van der Waals surface area contributed by atoms with E-state index < -0.39 is 6.09 Å². The van der Waals surface area contributed by atoms with Crippen molar-refractivity contribution in [1.82, 2.24) is 4.90 Å².